The summed E-state index contributed by atoms with van der Waals surface area (Å²) in [6.07, 6.45) is 1.22. The SMILES string of the molecule is O=C(NNC(=O)C(F)F)c1cnc(NC2(c3cc(Cl)ccc3F)CCC2)nc1. The molecule has 0 bridgehead atoms. The molecule has 1 fully saturated rings. The average Bonchev–Trinajstić information content (AvgIpc) is 2.65. The van der Waals surface area contributed by atoms with Crippen molar-refractivity contribution in [3.63, 3.8) is 0 Å². The zero-order valence-electron chi connectivity index (χ0n) is 14.3. The van der Waals surface area contributed by atoms with Gasteiger partial charge in [0.15, 0.2) is 0 Å². The minimum absolute atomic E-state index is 0.0586. The normalized spacial score (nSPS) is 14.9. The monoisotopic (exact) mass is 413 g/mol. The van der Waals surface area contributed by atoms with E-state index in [9.17, 15) is 22.8 Å². The smallest absolute Gasteiger partial charge is 0.317 e. The van der Waals surface area contributed by atoms with Gasteiger partial charge in [0.1, 0.15) is 5.82 Å². The molecule has 0 aliphatic heterocycles. The van der Waals surface area contributed by atoms with Gasteiger partial charge in [-0.3, -0.25) is 20.4 Å². The first-order chi connectivity index (χ1) is 13.3. The van der Waals surface area contributed by atoms with Gasteiger partial charge in [-0.1, -0.05) is 11.6 Å². The minimum atomic E-state index is -3.26. The van der Waals surface area contributed by atoms with E-state index in [1.54, 1.807) is 11.5 Å². The first-order valence-electron chi connectivity index (χ1n) is 8.25. The number of carbonyl (C=O) groups excluding carboxylic acids is 2. The Morgan fingerprint density at radius 2 is 1.82 bits per heavy atom. The first kappa shape index (κ1) is 19.9. The van der Waals surface area contributed by atoms with E-state index in [1.807, 2.05) is 5.43 Å². The number of benzene rings is 1. The molecule has 2 amide bonds. The summed E-state index contributed by atoms with van der Waals surface area (Å²) in [7, 11) is 0. The van der Waals surface area contributed by atoms with Gasteiger partial charge in [-0.05, 0) is 37.5 Å². The fraction of sp³-hybridized carbons (Fsp3) is 0.294. The Labute approximate surface area is 162 Å². The Morgan fingerprint density at radius 3 is 2.39 bits per heavy atom. The second kappa shape index (κ2) is 8.01. The lowest BCUT2D eigenvalue weighted by Gasteiger charge is -2.43. The van der Waals surface area contributed by atoms with Crippen LogP contribution in [-0.2, 0) is 10.3 Å². The number of amides is 2. The molecule has 1 heterocycles. The standard InChI is InChI=1S/C17H15ClF3N5O2/c18-10-2-3-12(19)11(6-10)17(4-1-5-17)24-16-22-7-9(8-23-16)14(27)25-26-15(28)13(20)21/h2-3,6-8,13H,1,4-5H2,(H,25,27)(H,26,28)(H,22,23,24). The number of hydrogen-bond acceptors (Lipinski definition) is 5. The van der Waals surface area contributed by atoms with Crippen LogP contribution in [0.2, 0.25) is 5.02 Å². The van der Waals surface area contributed by atoms with E-state index in [0.717, 1.165) is 18.8 Å². The summed E-state index contributed by atoms with van der Waals surface area (Å²) in [4.78, 5) is 30.6. The van der Waals surface area contributed by atoms with Crippen molar-refractivity contribution in [2.45, 2.75) is 31.2 Å². The lowest BCUT2D eigenvalue weighted by Crippen LogP contribution is -2.44. The fourth-order valence-corrected chi connectivity index (χ4v) is 3.00. The molecule has 148 valence electrons. The Kier molecular flexibility index (Phi) is 5.68. The van der Waals surface area contributed by atoms with E-state index >= 15 is 0 Å². The highest BCUT2D eigenvalue weighted by atomic mass is 35.5. The summed E-state index contributed by atoms with van der Waals surface area (Å²) in [5, 5.41) is 3.49. The van der Waals surface area contributed by atoms with Crippen LogP contribution < -0.4 is 16.2 Å². The topological polar surface area (TPSA) is 96.0 Å². The Morgan fingerprint density at radius 1 is 1.14 bits per heavy atom. The number of aromatic nitrogens is 2. The highest BCUT2D eigenvalue weighted by Crippen LogP contribution is 2.45. The third-order valence-corrected chi connectivity index (χ3v) is 4.65. The van der Waals surface area contributed by atoms with Crippen molar-refractivity contribution in [3.8, 4) is 0 Å². The lowest BCUT2D eigenvalue weighted by molar-refractivity contribution is -0.132. The molecule has 3 rings (SSSR count). The molecule has 0 spiro atoms. The van der Waals surface area contributed by atoms with Gasteiger partial charge in [-0.2, -0.15) is 8.78 Å². The molecule has 0 radical (unpaired) electrons. The molecule has 1 aliphatic carbocycles. The number of nitrogens with one attached hydrogen (secondary N) is 3. The summed E-state index contributed by atoms with van der Waals surface area (Å²) < 4.78 is 38.5. The van der Waals surface area contributed by atoms with Crippen LogP contribution >= 0.6 is 11.6 Å². The van der Waals surface area contributed by atoms with Crippen molar-refractivity contribution in [2.24, 2.45) is 0 Å². The second-order valence-corrected chi connectivity index (χ2v) is 6.66. The molecule has 28 heavy (non-hydrogen) atoms. The maximum Gasteiger partial charge on any atom is 0.317 e. The van der Waals surface area contributed by atoms with Crippen LogP contribution in [0.5, 0.6) is 0 Å². The van der Waals surface area contributed by atoms with Gasteiger partial charge in [0.05, 0.1) is 11.1 Å². The van der Waals surface area contributed by atoms with Crippen molar-refractivity contribution in [3.05, 3.63) is 52.6 Å². The molecule has 0 atom stereocenters. The molecule has 1 aromatic heterocycles. The maximum absolute atomic E-state index is 14.3. The summed E-state index contributed by atoms with van der Waals surface area (Å²) in [6, 6.07) is 4.31. The van der Waals surface area contributed by atoms with Crippen molar-refractivity contribution in [2.75, 3.05) is 5.32 Å². The van der Waals surface area contributed by atoms with Crippen LogP contribution in [0.4, 0.5) is 19.1 Å². The molecule has 1 aromatic carbocycles. The quantitative estimate of drug-likeness (QED) is 0.655. The van der Waals surface area contributed by atoms with E-state index in [0.29, 0.717) is 23.4 Å². The highest BCUT2D eigenvalue weighted by Gasteiger charge is 2.41. The van der Waals surface area contributed by atoms with Crippen LogP contribution in [0.1, 0.15) is 35.2 Å². The van der Waals surface area contributed by atoms with Gasteiger partial charge in [0.25, 0.3) is 5.91 Å². The van der Waals surface area contributed by atoms with E-state index in [4.69, 9.17) is 11.6 Å². The molecule has 11 heteroatoms. The van der Waals surface area contributed by atoms with Crippen molar-refractivity contribution in [1.29, 1.82) is 0 Å². The maximum atomic E-state index is 14.3. The van der Waals surface area contributed by atoms with Crippen LogP contribution in [0.25, 0.3) is 0 Å². The van der Waals surface area contributed by atoms with E-state index < -0.39 is 29.6 Å². The van der Waals surface area contributed by atoms with Gasteiger partial charge >= 0.3 is 12.3 Å². The molecule has 3 N–H and O–H groups in total. The molecule has 2 aromatic rings. The zero-order valence-corrected chi connectivity index (χ0v) is 15.1. The third-order valence-electron chi connectivity index (χ3n) is 4.41. The molecule has 1 saturated carbocycles. The second-order valence-electron chi connectivity index (χ2n) is 6.22. The van der Waals surface area contributed by atoms with Crippen LogP contribution in [0.3, 0.4) is 0 Å². The number of anilines is 1. The van der Waals surface area contributed by atoms with Crippen molar-refractivity contribution < 1.29 is 22.8 Å². The molecular weight excluding hydrogens is 399 g/mol. The molecule has 1 aliphatic rings. The van der Waals surface area contributed by atoms with E-state index in [-0.39, 0.29) is 11.5 Å². The van der Waals surface area contributed by atoms with E-state index in [1.165, 1.54) is 12.1 Å². The van der Waals surface area contributed by atoms with Gasteiger partial charge in [-0.15, -0.1) is 0 Å². The van der Waals surface area contributed by atoms with E-state index in [2.05, 4.69) is 15.3 Å². The van der Waals surface area contributed by atoms with Crippen LogP contribution in [0, 0.1) is 5.82 Å². The summed E-state index contributed by atoms with van der Waals surface area (Å²) in [5.41, 5.74) is 3.04. The lowest BCUT2D eigenvalue weighted by atomic mass is 9.71. The fourth-order valence-electron chi connectivity index (χ4n) is 2.83. The van der Waals surface area contributed by atoms with Gasteiger partial charge in [-0.25, -0.2) is 14.4 Å². The van der Waals surface area contributed by atoms with Gasteiger partial charge < -0.3 is 5.32 Å². The zero-order chi connectivity index (χ0) is 20.3. The predicted octanol–water partition coefficient (Wildman–Crippen LogP) is 2.79. The predicted molar refractivity (Wildman–Crippen MR) is 94.2 cm³/mol. The summed E-state index contributed by atoms with van der Waals surface area (Å²) >= 11 is 5.99. The molecular formula is C17H15ClF3N5O2. The Hall–Kier alpha value is -2.88. The number of nitrogens with zero attached hydrogens (tertiary/aromatic N) is 2. The number of carbonyl (C=O) groups is 2. The van der Waals surface area contributed by atoms with Crippen molar-refractivity contribution >= 4 is 29.4 Å². The number of hydrogen-bond donors (Lipinski definition) is 3. The van der Waals surface area contributed by atoms with Gasteiger partial charge in [0, 0.05) is 23.0 Å². The Balaban J connectivity index is 1.70. The summed E-state index contributed by atoms with van der Waals surface area (Å²) in [6.45, 7) is 0. The molecule has 7 nitrogen and oxygen atoms in total. The summed E-state index contributed by atoms with van der Waals surface area (Å²) in [5.74, 6) is -2.74. The molecule has 0 unspecified atom stereocenters. The highest BCUT2D eigenvalue weighted by molar-refractivity contribution is 6.30. The third kappa shape index (κ3) is 4.16. The first-order valence-corrected chi connectivity index (χ1v) is 8.63. The minimum Gasteiger partial charge on any atom is -0.345 e. The average molecular weight is 414 g/mol. The number of alkyl halides is 2. The van der Waals surface area contributed by atoms with Crippen LogP contribution in [-0.4, -0.2) is 28.2 Å². The van der Waals surface area contributed by atoms with Crippen LogP contribution in [0.15, 0.2) is 30.6 Å². The number of rotatable bonds is 5. The van der Waals surface area contributed by atoms with Gasteiger partial charge in [0.2, 0.25) is 5.95 Å². The van der Waals surface area contributed by atoms with Crippen molar-refractivity contribution in [1.82, 2.24) is 20.8 Å². The Bertz CT molecular complexity index is 891. The molecule has 0 saturated heterocycles. The number of hydrazine groups is 1. The number of halogens is 4. The largest absolute Gasteiger partial charge is 0.345 e.